The lowest BCUT2D eigenvalue weighted by Gasteiger charge is -2.32. The maximum Gasteiger partial charge on any atom is 0.326 e. The fraction of sp³-hybridized carbons (Fsp3) is 0.545. The molecular formula is C11H15N3O3S. The van der Waals surface area contributed by atoms with E-state index in [4.69, 9.17) is 10.8 Å². The number of amides is 1. The Morgan fingerprint density at radius 1 is 1.50 bits per heavy atom. The summed E-state index contributed by atoms with van der Waals surface area (Å²) in [4.78, 5) is 29.4. The van der Waals surface area contributed by atoms with Gasteiger partial charge < -0.3 is 15.7 Å². The van der Waals surface area contributed by atoms with Gasteiger partial charge in [0.1, 0.15) is 10.9 Å². The number of nitrogen functional groups attached to an aromatic ring is 1. The van der Waals surface area contributed by atoms with Crippen molar-refractivity contribution in [3.05, 3.63) is 10.6 Å². The zero-order valence-corrected chi connectivity index (χ0v) is 10.9. The lowest BCUT2D eigenvalue weighted by Crippen LogP contribution is -2.47. The van der Waals surface area contributed by atoms with Crippen LogP contribution in [0.1, 0.15) is 34.6 Å². The molecule has 2 rings (SSSR count). The second-order valence-corrected chi connectivity index (χ2v) is 5.35. The van der Waals surface area contributed by atoms with Crippen molar-refractivity contribution in [2.24, 2.45) is 0 Å². The van der Waals surface area contributed by atoms with Gasteiger partial charge in [-0.3, -0.25) is 4.79 Å². The lowest BCUT2D eigenvalue weighted by molar-refractivity contribution is -0.143. The maximum absolute atomic E-state index is 12.3. The van der Waals surface area contributed by atoms with Crippen LogP contribution in [-0.2, 0) is 4.79 Å². The molecule has 1 aliphatic heterocycles. The molecule has 1 aliphatic rings. The second kappa shape index (κ2) is 4.93. The molecule has 1 fully saturated rings. The molecule has 3 N–H and O–H groups in total. The first-order valence-electron chi connectivity index (χ1n) is 5.77. The molecule has 1 aromatic rings. The third-order valence-electron chi connectivity index (χ3n) is 3.06. The summed E-state index contributed by atoms with van der Waals surface area (Å²) in [5.74, 6) is -1.22. The molecule has 0 aromatic carbocycles. The van der Waals surface area contributed by atoms with Crippen LogP contribution in [0.25, 0.3) is 0 Å². The monoisotopic (exact) mass is 269 g/mol. The first kappa shape index (κ1) is 12.8. The molecule has 2 heterocycles. The highest BCUT2D eigenvalue weighted by molar-refractivity contribution is 7.17. The predicted molar refractivity (Wildman–Crippen MR) is 67.6 cm³/mol. The number of carbonyl (C=O) groups excluding carboxylic acids is 1. The van der Waals surface area contributed by atoms with Crippen molar-refractivity contribution in [2.45, 2.75) is 32.2 Å². The molecule has 98 valence electrons. The Morgan fingerprint density at radius 2 is 2.22 bits per heavy atom. The van der Waals surface area contributed by atoms with Crippen LogP contribution in [0.5, 0.6) is 0 Å². The minimum Gasteiger partial charge on any atom is -0.480 e. The third-order valence-corrected chi connectivity index (χ3v) is 4.03. The van der Waals surface area contributed by atoms with Crippen molar-refractivity contribution in [3.63, 3.8) is 0 Å². The number of carboxylic acid groups (broad SMARTS) is 1. The highest BCUT2D eigenvalue weighted by atomic mass is 32.1. The summed E-state index contributed by atoms with van der Waals surface area (Å²) in [6.07, 6.45) is 2.18. The summed E-state index contributed by atoms with van der Waals surface area (Å²) < 4.78 is 0. The molecular weight excluding hydrogens is 254 g/mol. The van der Waals surface area contributed by atoms with E-state index in [0.717, 1.165) is 24.2 Å². The van der Waals surface area contributed by atoms with Crippen molar-refractivity contribution in [1.29, 1.82) is 0 Å². The number of aryl methyl sites for hydroxylation is 1. The fourth-order valence-corrected chi connectivity index (χ4v) is 2.97. The highest BCUT2D eigenvalue weighted by Crippen LogP contribution is 2.25. The van der Waals surface area contributed by atoms with Gasteiger partial charge in [0, 0.05) is 6.54 Å². The van der Waals surface area contributed by atoms with Gasteiger partial charge in [0.05, 0.1) is 5.69 Å². The van der Waals surface area contributed by atoms with Gasteiger partial charge in [0.2, 0.25) is 0 Å². The van der Waals surface area contributed by atoms with Gasteiger partial charge in [-0.15, -0.1) is 0 Å². The van der Waals surface area contributed by atoms with Crippen LogP contribution in [0.2, 0.25) is 0 Å². The van der Waals surface area contributed by atoms with Crippen molar-refractivity contribution >= 4 is 28.3 Å². The van der Waals surface area contributed by atoms with Crippen molar-refractivity contribution in [2.75, 3.05) is 12.3 Å². The SMILES string of the molecule is Cc1nc(N)sc1C(=O)N1CCCCC1C(=O)O. The van der Waals surface area contributed by atoms with Crippen LogP contribution in [0.3, 0.4) is 0 Å². The van der Waals surface area contributed by atoms with E-state index in [1.54, 1.807) is 6.92 Å². The van der Waals surface area contributed by atoms with Gasteiger partial charge in [-0.2, -0.15) is 0 Å². The van der Waals surface area contributed by atoms with Crippen LogP contribution >= 0.6 is 11.3 Å². The standard InChI is InChI=1S/C11H15N3O3S/c1-6-8(18-11(12)13-6)9(15)14-5-3-2-4-7(14)10(16)17/h7H,2-5H2,1H3,(H2,12,13)(H,16,17). The number of anilines is 1. The number of nitrogens with zero attached hydrogens (tertiary/aromatic N) is 2. The molecule has 1 atom stereocenters. The summed E-state index contributed by atoms with van der Waals surface area (Å²) in [7, 11) is 0. The Balaban J connectivity index is 2.26. The number of piperidine rings is 1. The first-order chi connectivity index (χ1) is 8.50. The molecule has 1 aromatic heterocycles. The average Bonchev–Trinajstić information content (AvgIpc) is 2.67. The number of likely N-dealkylation sites (tertiary alicyclic amines) is 1. The van der Waals surface area contributed by atoms with Crippen LogP contribution in [0, 0.1) is 6.92 Å². The Morgan fingerprint density at radius 3 is 2.78 bits per heavy atom. The average molecular weight is 269 g/mol. The van der Waals surface area contributed by atoms with E-state index in [1.807, 2.05) is 0 Å². The first-order valence-corrected chi connectivity index (χ1v) is 6.59. The minimum absolute atomic E-state index is 0.270. The van der Waals surface area contributed by atoms with Gasteiger partial charge >= 0.3 is 5.97 Å². The van der Waals surface area contributed by atoms with Gasteiger partial charge in [-0.1, -0.05) is 11.3 Å². The van der Waals surface area contributed by atoms with E-state index in [1.165, 1.54) is 4.90 Å². The zero-order chi connectivity index (χ0) is 13.3. The summed E-state index contributed by atoms with van der Waals surface area (Å²) in [5.41, 5.74) is 6.13. The van der Waals surface area contributed by atoms with Crippen molar-refractivity contribution in [1.82, 2.24) is 9.88 Å². The van der Waals surface area contributed by atoms with E-state index in [-0.39, 0.29) is 5.91 Å². The molecule has 0 spiro atoms. The zero-order valence-electron chi connectivity index (χ0n) is 10.0. The second-order valence-electron chi connectivity index (χ2n) is 4.32. The van der Waals surface area contributed by atoms with E-state index >= 15 is 0 Å². The summed E-state index contributed by atoms with van der Waals surface area (Å²) in [6, 6.07) is -0.728. The number of carboxylic acids is 1. The number of aromatic nitrogens is 1. The molecule has 0 saturated carbocycles. The smallest absolute Gasteiger partial charge is 0.326 e. The number of hydrogen-bond donors (Lipinski definition) is 2. The molecule has 0 bridgehead atoms. The van der Waals surface area contributed by atoms with E-state index in [9.17, 15) is 9.59 Å². The normalized spacial score (nSPS) is 19.8. The van der Waals surface area contributed by atoms with Gasteiger partial charge in [-0.25, -0.2) is 9.78 Å². The number of aliphatic carboxylic acids is 1. The number of rotatable bonds is 2. The molecule has 0 aliphatic carbocycles. The van der Waals surface area contributed by atoms with Crippen LogP contribution in [-0.4, -0.2) is 39.5 Å². The summed E-state index contributed by atoms with van der Waals surface area (Å²) in [5, 5.41) is 9.48. The van der Waals surface area contributed by atoms with Gasteiger partial charge in [0.15, 0.2) is 5.13 Å². The van der Waals surface area contributed by atoms with E-state index in [0.29, 0.717) is 28.7 Å². The maximum atomic E-state index is 12.3. The number of carbonyl (C=O) groups is 2. The Bertz CT molecular complexity index is 486. The number of thiazole rings is 1. The van der Waals surface area contributed by atoms with Gasteiger partial charge in [0.25, 0.3) is 5.91 Å². The number of nitrogens with two attached hydrogens (primary N) is 1. The summed E-state index contributed by atoms with van der Waals surface area (Å²) in [6.45, 7) is 2.19. The van der Waals surface area contributed by atoms with Crippen LogP contribution in [0.4, 0.5) is 5.13 Å². The number of hydrogen-bond acceptors (Lipinski definition) is 5. The lowest BCUT2D eigenvalue weighted by atomic mass is 10.0. The molecule has 1 saturated heterocycles. The highest BCUT2D eigenvalue weighted by Gasteiger charge is 2.33. The fourth-order valence-electron chi connectivity index (χ4n) is 2.18. The van der Waals surface area contributed by atoms with E-state index in [2.05, 4.69) is 4.98 Å². The largest absolute Gasteiger partial charge is 0.480 e. The molecule has 6 nitrogen and oxygen atoms in total. The van der Waals surface area contributed by atoms with Crippen LogP contribution < -0.4 is 5.73 Å². The molecule has 7 heteroatoms. The Kier molecular flexibility index (Phi) is 3.51. The van der Waals surface area contributed by atoms with Crippen LogP contribution in [0.15, 0.2) is 0 Å². The van der Waals surface area contributed by atoms with Crippen molar-refractivity contribution < 1.29 is 14.7 Å². The molecule has 18 heavy (non-hydrogen) atoms. The minimum atomic E-state index is -0.946. The molecule has 1 unspecified atom stereocenters. The molecule has 1 amide bonds. The third kappa shape index (κ3) is 2.31. The van der Waals surface area contributed by atoms with Gasteiger partial charge in [-0.05, 0) is 26.2 Å². The topological polar surface area (TPSA) is 96.5 Å². The van der Waals surface area contributed by atoms with E-state index < -0.39 is 12.0 Å². The molecule has 0 radical (unpaired) electrons. The Hall–Kier alpha value is -1.63. The Labute approximate surface area is 108 Å². The predicted octanol–water partition coefficient (Wildman–Crippen LogP) is 1.11. The quantitative estimate of drug-likeness (QED) is 0.838. The van der Waals surface area contributed by atoms with Crippen molar-refractivity contribution in [3.8, 4) is 0 Å². The summed E-state index contributed by atoms with van der Waals surface area (Å²) >= 11 is 1.11.